The highest BCUT2D eigenvalue weighted by Crippen LogP contribution is 2.17. The summed E-state index contributed by atoms with van der Waals surface area (Å²) in [5, 5.41) is 0.780. The highest BCUT2D eigenvalue weighted by atomic mass is 35.5. The lowest BCUT2D eigenvalue weighted by Gasteiger charge is -2.41. The largest absolute Gasteiger partial charge is 0.332 e. The van der Waals surface area contributed by atoms with Crippen LogP contribution in [-0.4, -0.2) is 48.5 Å². The zero-order chi connectivity index (χ0) is 13.2. The molecule has 3 nitrogen and oxygen atoms in total. The van der Waals surface area contributed by atoms with Gasteiger partial charge in [0.05, 0.1) is 33.2 Å². The van der Waals surface area contributed by atoms with Crippen molar-refractivity contribution in [1.29, 1.82) is 0 Å². The van der Waals surface area contributed by atoms with Crippen LogP contribution in [0.4, 0.5) is 0 Å². The Morgan fingerprint density at radius 1 is 1.28 bits per heavy atom. The number of likely N-dealkylation sites (N-methyl/N-ethyl adjacent to an activating group) is 1. The van der Waals surface area contributed by atoms with Crippen molar-refractivity contribution >= 4 is 17.5 Å². The molecule has 0 atom stereocenters. The molecule has 4 heteroatoms. The number of piperazine rings is 1. The minimum absolute atomic E-state index is 0.188. The van der Waals surface area contributed by atoms with Crippen molar-refractivity contribution in [3.05, 3.63) is 34.9 Å². The van der Waals surface area contributed by atoms with E-state index in [1.165, 1.54) is 5.56 Å². The molecule has 0 N–H and O–H groups in total. The molecular weight excluding hydrogens is 248 g/mol. The molecule has 98 valence electrons. The number of rotatable bonds is 2. The van der Waals surface area contributed by atoms with Crippen LogP contribution in [0, 0.1) is 0 Å². The van der Waals surface area contributed by atoms with Gasteiger partial charge in [0.25, 0.3) is 0 Å². The minimum Gasteiger partial charge on any atom is -0.332 e. The number of benzene rings is 1. The van der Waals surface area contributed by atoms with Gasteiger partial charge in [-0.15, -0.1) is 0 Å². The standard InChI is InChI=1S/C14H20ClN2O/c1-12(18)16-7-9-17(2,10-8-16)11-13-3-5-14(15)6-4-13/h3-6H,7-11H2,1-2H3/q+1. The first kappa shape index (κ1) is 13.4. The molecular formula is C14H20ClN2O+. The van der Waals surface area contributed by atoms with Gasteiger partial charge in [-0.2, -0.15) is 0 Å². The lowest BCUT2D eigenvalue weighted by Crippen LogP contribution is -2.57. The summed E-state index contributed by atoms with van der Waals surface area (Å²) in [5.41, 5.74) is 1.30. The number of nitrogens with zero attached hydrogens (tertiary/aromatic N) is 2. The van der Waals surface area contributed by atoms with Crippen LogP contribution in [0.3, 0.4) is 0 Å². The van der Waals surface area contributed by atoms with Crippen molar-refractivity contribution in [2.75, 3.05) is 33.2 Å². The van der Waals surface area contributed by atoms with Crippen molar-refractivity contribution in [1.82, 2.24) is 4.90 Å². The number of hydrogen-bond acceptors (Lipinski definition) is 1. The fourth-order valence-electron chi connectivity index (χ4n) is 2.45. The van der Waals surface area contributed by atoms with Gasteiger partial charge >= 0.3 is 0 Å². The Kier molecular flexibility index (Phi) is 3.93. The van der Waals surface area contributed by atoms with Gasteiger partial charge in [-0.1, -0.05) is 23.7 Å². The first-order valence-electron chi connectivity index (χ1n) is 6.32. The Labute approximate surface area is 114 Å². The third-order valence-electron chi connectivity index (χ3n) is 3.74. The highest BCUT2D eigenvalue weighted by Gasteiger charge is 2.29. The van der Waals surface area contributed by atoms with E-state index < -0.39 is 0 Å². The van der Waals surface area contributed by atoms with Crippen molar-refractivity contribution in [2.45, 2.75) is 13.5 Å². The average molecular weight is 268 g/mol. The van der Waals surface area contributed by atoms with E-state index in [0.29, 0.717) is 0 Å². The summed E-state index contributed by atoms with van der Waals surface area (Å²) in [6.45, 7) is 6.40. The van der Waals surface area contributed by atoms with Crippen LogP contribution >= 0.6 is 11.6 Å². The van der Waals surface area contributed by atoms with Gasteiger partial charge in [-0.3, -0.25) is 4.79 Å². The Hall–Kier alpha value is -1.06. The third kappa shape index (κ3) is 3.24. The molecule has 1 amide bonds. The summed E-state index contributed by atoms with van der Waals surface area (Å²) >= 11 is 5.89. The maximum Gasteiger partial charge on any atom is 0.219 e. The molecule has 0 aromatic heterocycles. The van der Waals surface area contributed by atoms with Gasteiger partial charge < -0.3 is 9.38 Å². The molecule has 1 aromatic rings. The van der Waals surface area contributed by atoms with E-state index >= 15 is 0 Å². The van der Waals surface area contributed by atoms with Crippen LogP contribution in [0.5, 0.6) is 0 Å². The van der Waals surface area contributed by atoms with E-state index in [1.807, 2.05) is 17.0 Å². The summed E-state index contributed by atoms with van der Waals surface area (Å²) < 4.78 is 0.991. The Morgan fingerprint density at radius 3 is 2.33 bits per heavy atom. The molecule has 0 aliphatic carbocycles. The summed E-state index contributed by atoms with van der Waals surface area (Å²) in [7, 11) is 2.26. The normalized spacial score (nSPS) is 18.7. The molecule has 1 aromatic carbocycles. The first-order valence-corrected chi connectivity index (χ1v) is 6.70. The van der Waals surface area contributed by atoms with E-state index in [0.717, 1.165) is 42.2 Å². The summed E-state index contributed by atoms with van der Waals surface area (Å²) in [4.78, 5) is 13.2. The molecule has 1 saturated heterocycles. The zero-order valence-electron chi connectivity index (χ0n) is 11.0. The van der Waals surface area contributed by atoms with Crippen molar-refractivity contribution in [2.24, 2.45) is 0 Å². The van der Waals surface area contributed by atoms with Gasteiger partial charge in [-0.05, 0) is 12.1 Å². The third-order valence-corrected chi connectivity index (χ3v) is 3.99. The second-order valence-electron chi connectivity index (χ2n) is 5.36. The topological polar surface area (TPSA) is 20.3 Å². The SMILES string of the molecule is CC(=O)N1CC[N+](C)(Cc2ccc(Cl)cc2)CC1. The lowest BCUT2D eigenvalue weighted by atomic mass is 10.1. The summed E-state index contributed by atoms with van der Waals surface area (Å²) in [5.74, 6) is 0.188. The number of carbonyl (C=O) groups is 1. The number of carbonyl (C=O) groups excluding carboxylic acids is 1. The molecule has 0 saturated carbocycles. The number of amides is 1. The second kappa shape index (κ2) is 5.29. The van der Waals surface area contributed by atoms with Crippen molar-refractivity contribution in [3.63, 3.8) is 0 Å². The van der Waals surface area contributed by atoms with Crippen LogP contribution < -0.4 is 0 Å². The van der Waals surface area contributed by atoms with Crippen LogP contribution in [-0.2, 0) is 11.3 Å². The van der Waals surface area contributed by atoms with Crippen molar-refractivity contribution < 1.29 is 9.28 Å². The second-order valence-corrected chi connectivity index (χ2v) is 5.79. The molecule has 2 rings (SSSR count). The monoisotopic (exact) mass is 267 g/mol. The van der Waals surface area contributed by atoms with Crippen LogP contribution in [0.15, 0.2) is 24.3 Å². The fourth-order valence-corrected chi connectivity index (χ4v) is 2.58. The molecule has 0 radical (unpaired) electrons. The van der Waals surface area contributed by atoms with Gasteiger partial charge in [-0.25, -0.2) is 0 Å². The zero-order valence-corrected chi connectivity index (χ0v) is 11.8. The Morgan fingerprint density at radius 2 is 1.83 bits per heavy atom. The Bertz CT molecular complexity index is 422. The fraction of sp³-hybridized carbons (Fsp3) is 0.500. The molecule has 1 fully saturated rings. The molecule has 0 unspecified atom stereocenters. The molecule has 0 bridgehead atoms. The number of halogens is 1. The molecule has 18 heavy (non-hydrogen) atoms. The summed E-state index contributed by atoms with van der Waals surface area (Å²) in [6, 6.07) is 8.05. The maximum atomic E-state index is 11.3. The van der Waals surface area contributed by atoms with Crippen molar-refractivity contribution in [3.8, 4) is 0 Å². The van der Waals surface area contributed by atoms with Gasteiger partial charge in [0.2, 0.25) is 5.91 Å². The van der Waals surface area contributed by atoms with Gasteiger partial charge in [0, 0.05) is 17.5 Å². The summed E-state index contributed by atoms with van der Waals surface area (Å²) in [6.07, 6.45) is 0. The predicted octanol–water partition coefficient (Wildman–Crippen LogP) is 2.15. The quantitative estimate of drug-likeness (QED) is 0.752. The molecule has 1 aliphatic rings. The number of quaternary nitrogens is 1. The maximum absolute atomic E-state index is 11.3. The van der Waals surface area contributed by atoms with E-state index in [9.17, 15) is 4.79 Å². The van der Waals surface area contributed by atoms with Crippen LogP contribution in [0.25, 0.3) is 0 Å². The van der Waals surface area contributed by atoms with E-state index in [-0.39, 0.29) is 5.91 Å². The van der Waals surface area contributed by atoms with Crippen LogP contribution in [0.1, 0.15) is 12.5 Å². The number of hydrogen-bond donors (Lipinski definition) is 0. The van der Waals surface area contributed by atoms with E-state index in [2.05, 4.69) is 19.2 Å². The van der Waals surface area contributed by atoms with E-state index in [4.69, 9.17) is 11.6 Å². The van der Waals surface area contributed by atoms with E-state index in [1.54, 1.807) is 6.92 Å². The first-order chi connectivity index (χ1) is 8.48. The lowest BCUT2D eigenvalue weighted by molar-refractivity contribution is -0.926. The van der Waals surface area contributed by atoms with Gasteiger partial charge in [0.15, 0.2) is 0 Å². The molecule has 1 aliphatic heterocycles. The van der Waals surface area contributed by atoms with Gasteiger partial charge in [0.1, 0.15) is 6.54 Å². The highest BCUT2D eigenvalue weighted by molar-refractivity contribution is 6.30. The smallest absolute Gasteiger partial charge is 0.219 e. The Balaban J connectivity index is 1.97. The predicted molar refractivity (Wildman–Crippen MR) is 73.3 cm³/mol. The van der Waals surface area contributed by atoms with Crippen LogP contribution in [0.2, 0.25) is 5.02 Å². The minimum atomic E-state index is 0.188. The molecule has 0 spiro atoms. The molecule has 1 heterocycles. The average Bonchev–Trinajstić information content (AvgIpc) is 2.32.